The molecule has 0 heterocycles. The Labute approximate surface area is 114 Å². The van der Waals surface area contributed by atoms with Gasteiger partial charge in [0.1, 0.15) is 0 Å². The zero-order valence-corrected chi connectivity index (χ0v) is 11.4. The van der Waals surface area contributed by atoms with Gasteiger partial charge >= 0.3 is 0 Å². The highest BCUT2D eigenvalue weighted by atomic mass is 16.5. The average molecular weight is 262 g/mol. The minimum Gasteiger partial charge on any atom is -0.409 e. The van der Waals surface area contributed by atoms with Crippen LogP contribution in [0, 0.1) is 12.8 Å². The first-order chi connectivity index (χ1) is 9.20. The van der Waals surface area contributed by atoms with Crippen molar-refractivity contribution in [3.05, 3.63) is 34.9 Å². The lowest BCUT2D eigenvalue weighted by molar-refractivity contribution is 0.0947. The molecule has 104 valence electrons. The molecule has 1 aliphatic carbocycles. The molecule has 2 rings (SSSR count). The van der Waals surface area contributed by atoms with E-state index in [1.54, 1.807) is 0 Å². The van der Waals surface area contributed by atoms with E-state index >= 15 is 0 Å². The summed E-state index contributed by atoms with van der Waals surface area (Å²) in [5.41, 5.74) is 8.55. The van der Waals surface area contributed by atoms with Crippen LogP contribution in [0.25, 0.3) is 0 Å². The Kier molecular flexibility index (Phi) is 4.80. The number of amidine groups is 1. The second kappa shape index (κ2) is 6.57. The molecule has 1 aromatic rings. The van der Waals surface area contributed by atoms with Gasteiger partial charge < -0.3 is 15.7 Å². The number of rotatable bonds is 6. The number of oxime groups is 1. The molecule has 0 amide bonds. The molecular formula is C15H22N2O2. The lowest BCUT2D eigenvalue weighted by Gasteiger charge is -2.24. The minimum atomic E-state index is 0.139. The summed E-state index contributed by atoms with van der Waals surface area (Å²) in [4.78, 5) is 0. The number of hydrogen-bond donors (Lipinski definition) is 2. The highest BCUT2D eigenvalue weighted by Gasteiger charge is 2.16. The van der Waals surface area contributed by atoms with E-state index < -0.39 is 0 Å². The quantitative estimate of drug-likeness (QED) is 0.272. The third-order valence-electron chi connectivity index (χ3n) is 3.90. The van der Waals surface area contributed by atoms with Crippen LogP contribution in [0.3, 0.4) is 0 Å². The number of hydrogen-bond acceptors (Lipinski definition) is 3. The van der Waals surface area contributed by atoms with Crippen molar-refractivity contribution in [2.45, 2.75) is 39.2 Å². The number of aryl methyl sites for hydroxylation is 1. The van der Waals surface area contributed by atoms with Gasteiger partial charge in [0.15, 0.2) is 5.84 Å². The molecule has 0 saturated heterocycles. The normalized spacial score (nSPS) is 16.4. The number of benzene rings is 1. The fourth-order valence-electron chi connectivity index (χ4n) is 2.29. The maximum absolute atomic E-state index is 8.64. The van der Waals surface area contributed by atoms with Gasteiger partial charge in [-0.25, -0.2) is 0 Å². The maximum atomic E-state index is 8.64. The summed E-state index contributed by atoms with van der Waals surface area (Å²) in [5.74, 6) is 1.03. The highest BCUT2D eigenvalue weighted by Crippen LogP contribution is 2.29. The zero-order valence-electron chi connectivity index (χ0n) is 11.4. The Morgan fingerprint density at radius 1 is 1.47 bits per heavy atom. The molecule has 0 radical (unpaired) electrons. The molecule has 0 spiro atoms. The summed E-state index contributed by atoms with van der Waals surface area (Å²) in [6, 6.07) is 5.75. The molecule has 4 heteroatoms. The van der Waals surface area contributed by atoms with Crippen LogP contribution < -0.4 is 5.73 Å². The van der Waals surface area contributed by atoms with Gasteiger partial charge in [-0.05, 0) is 36.5 Å². The molecule has 3 N–H and O–H groups in total. The van der Waals surface area contributed by atoms with Gasteiger partial charge in [0.25, 0.3) is 0 Å². The lowest BCUT2D eigenvalue weighted by atomic mass is 9.83. The first kappa shape index (κ1) is 13.9. The van der Waals surface area contributed by atoms with Gasteiger partial charge in [-0.2, -0.15) is 0 Å². The van der Waals surface area contributed by atoms with Crippen molar-refractivity contribution in [1.29, 1.82) is 0 Å². The van der Waals surface area contributed by atoms with E-state index in [1.807, 2.05) is 25.1 Å². The van der Waals surface area contributed by atoms with Gasteiger partial charge in [0.05, 0.1) is 6.61 Å². The predicted molar refractivity (Wildman–Crippen MR) is 75.3 cm³/mol. The van der Waals surface area contributed by atoms with Gasteiger partial charge in [-0.15, -0.1) is 0 Å². The maximum Gasteiger partial charge on any atom is 0.170 e. The van der Waals surface area contributed by atoms with E-state index in [2.05, 4.69) is 5.16 Å². The molecule has 0 aromatic heterocycles. The van der Waals surface area contributed by atoms with Crippen molar-refractivity contribution < 1.29 is 9.94 Å². The molecule has 1 aromatic carbocycles. The molecule has 0 unspecified atom stereocenters. The van der Waals surface area contributed by atoms with Crippen molar-refractivity contribution in [3.63, 3.8) is 0 Å². The third kappa shape index (κ3) is 3.70. The van der Waals surface area contributed by atoms with E-state index in [4.69, 9.17) is 15.7 Å². The second-order valence-corrected chi connectivity index (χ2v) is 5.26. The van der Waals surface area contributed by atoms with Crippen molar-refractivity contribution in [3.8, 4) is 0 Å². The fourth-order valence-corrected chi connectivity index (χ4v) is 2.29. The van der Waals surface area contributed by atoms with E-state index in [1.165, 1.54) is 25.7 Å². The summed E-state index contributed by atoms with van der Waals surface area (Å²) < 4.78 is 5.72. The van der Waals surface area contributed by atoms with Crippen LogP contribution in [-0.4, -0.2) is 17.6 Å². The van der Waals surface area contributed by atoms with Crippen LogP contribution in [0.15, 0.2) is 23.4 Å². The van der Waals surface area contributed by atoms with E-state index in [-0.39, 0.29) is 5.84 Å². The van der Waals surface area contributed by atoms with E-state index in [0.29, 0.717) is 6.61 Å². The fraction of sp³-hybridized carbons (Fsp3) is 0.533. The van der Waals surface area contributed by atoms with E-state index in [9.17, 15) is 0 Å². The van der Waals surface area contributed by atoms with Gasteiger partial charge in [-0.1, -0.05) is 36.6 Å². The Morgan fingerprint density at radius 2 is 2.26 bits per heavy atom. The van der Waals surface area contributed by atoms with Crippen LogP contribution in [0.4, 0.5) is 0 Å². The van der Waals surface area contributed by atoms with Crippen LogP contribution in [0.5, 0.6) is 0 Å². The SMILES string of the molecule is Cc1cc(/C(N)=N/O)ccc1COCCC1CCC1. The first-order valence-corrected chi connectivity index (χ1v) is 6.86. The summed E-state index contributed by atoms with van der Waals surface area (Å²) in [6.45, 7) is 3.49. The monoisotopic (exact) mass is 262 g/mol. The van der Waals surface area contributed by atoms with Crippen molar-refractivity contribution >= 4 is 5.84 Å². The van der Waals surface area contributed by atoms with Gasteiger partial charge in [-0.3, -0.25) is 0 Å². The zero-order chi connectivity index (χ0) is 13.7. The standard InChI is InChI=1S/C15H22N2O2/c1-11-9-13(15(16)17-18)5-6-14(11)10-19-8-7-12-3-2-4-12/h5-6,9,12,18H,2-4,7-8,10H2,1H3,(H2,16,17). The topological polar surface area (TPSA) is 67.8 Å². The summed E-state index contributed by atoms with van der Waals surface area (Å²) in [5, 5.41) is 11.6. The van der Waals surface area contributed by atoms with Crippen LogP contribution >= 0.6 is 0 Å². The summed E-state index contributed by atoms with van der Waals surface area (Å²) >= 11 is 0. The number of nitrogens with zero attached hydrogens (tertiary/aromatic N) is 1. The van der Waals surface area contributed by atoms with Crippen LogP contribution in [0.1, 0.15) is 42.4 Å². The molecule has 1 saturated carbocycles. The molecule has 0 atom stereocenters. The molecule has 19 heavy (non-hydrogen) atoms. The molecule has 0 bridgehead atoms. The van der Waals surface area contributed by atoms with Crippen molar-refractivity contribution in [2.75, 3.05) is 6.61 Å². The Morgan fingerprint density at radius 3 is 2.84 bits per heavy atom. The van der Waals surface area contributed by atoms with E-state index in [0.717, 1.165) is 29.2 Å². The largest absolute Gasteiger partial charge is 0.409 e. The van der Waals surface area contributed by atoms with Gasteiger partial charge in [0, 0.05) is 12.2 Å². The highest BCUT2D eigenvalue weighted by molar-refractivity contribution is 5.97. The van der Waals surface area contributed by atoms with Crippen LogP contribution in [0.2, 0.25) is 0 Å². The molecule has 1 aliphatic rings. The average Bonchev–Trinajstić information content (AvgIpc) is 2.37. The lowest BCUT2D eigenvalue weighted by Crippen LogP contribution is -2.14. The third-order valence-corrected chi connectivity index (χ3v) is 3.90. The predicted octanol–water partition coefficient (Wildman–Crippen LogP) is 2.80. The Balaban J connectivity index is 1.82. The Bertz CT molecular complexity index is 453. The van der Waals surface area contributed by atoms with Gasteiger partial charge in [0.2, 0.25) is 0 Å². The first-order valence-electron chi connectivity index (χ1n) is 6.86. The van der Waals surface area contributed by atoms with Crippen molar-refractivity contribution in [2.24, 2.45) is 16.8 Å². The minimum absolute atomic E-state index is 0.139. The smallest absolute Gasteiger partial charge is 0.170 e. The number of nitrogens with two attached hydrogens (primary N) is 1. The molecule has 1 fully saturated rings. The second-order valence-electron chi connectivity index (χ2n) is 5.26. The molecule has 0 aliphatic heterocycles. The molecule has 4 nitrogen and oxygen atoms in total. The Hall–Kier alpha value is -1.55. The summed E-state index contributed by atoms with van der Waals surface area (Å²) in [7, 11) is 0. The van der Waals surface area contributed by atoms with Crippen molar-refractivity contribution in [1.82, 2.24) is 0 Å². The summed E-state index contributed by atoms with van der Waals surface area (Å²) in [6.07, 6.45) is 5.31. The number of ether oxygens (including phenoxy) is 1. The molecular weight excluding hydrogens is 240 g/mol. The van der Waals surface area contributed by atoms with Crippen LogP contribution in [-0.2, 0) is 11.3 Å².